The lowest BCUT2D eigenvalue weighted by molar-refractivity contribution is 0.190. The van der Waals surface area contributed by atoms with E-state index in [1.807, 2.05) is 12.1 Å². The van der Waals surface area contributed by atoms with Crippen molar-refractivity contribution in [2.75, 3.05) is 5.32 Å². The number of aromatic nitrogens is 7. The molecule has 0 saturated heterocycles. The van der Waals surface area contributed by atoms with Crippen LogP contribution in [0.3, 0.4) is 0 Å². The third-order valence-electron chi connectivity index (χ3n) is 6.10. The Hall–Kier alpha value is -4.22. The number of aliphatic hydroxyl groups excluding tert-OH is 1. The number of anilines is 1. The average molecular weight is 515 g/mol. The van der Waals surface area contributed by atoms with E-state index in [0.29, 0.717) is 29.1 Å². The van der Waals surface area contributed by atoms with E-state index in [0.717, 1.165) is 62.3 Å². The SMILES string of the molecule is CCCCC(O)Nc1cncc(-c2cc3c(-c4nc5c(-c6ccc(F)s6)cncc5[nH]4)n[nH]c3cn2)c1. The number of pyridine rings is 3. The highest BCUT2D eigenvalue weighted by Gasteiger charge is 2.17. The lowest BCUT2D eigenvalue weighted by atomic mass is 10.1. The standard InChI is InChI=1S/C26H23FN8OS/c1-2-3-4-23(36)31-15-7-14(9-28-10-15)18-8-16-19(13-30-18)34-35-25(16)26-32-20-12-29-11-17(24(20)33-26)21-5-6-22(27)37-21/h5-13,23,31,36H,2-4H2,1H3,(H,32,33)(H,34,35). The van der Waals surface area contributed by atoms with E-state index in [2.05, 4.69) is 42.4 Å². The van der Waals surface area contributed by atoms with Gasteiger partial charge in [-0.1, -0.05) is 13.3 Å². The van der Waals surface area contributed by atoms with Gasteiger partial charge in [-0.2, -0.15) is 9.49 Å². The lowest BCUT2D eigenvalue weighted by Crippen LogP contribution is -2.18. The second kappa shape index (κ2) is 9.68. The molecule has 9 nitrogen and oxygen atoms in total. The van der Waals surface area contributed by atoms with E-state index in [1.165, 1.54) is 6.07 Å². The number of hydrogen-bond donors (Lipinski definition) is 4. The number of imidazole rings is 1. The lowest BCUT2D eigenvalue weighted by Gasteiger charge is -2.14. The number of H-pyrrole nitrogens is 2. The maximum atomic E-state index is 13.7. The van der Waals surface area contributed by atoms with Crippen molar-refractivity contribution < 1.29 is 9.50 Å². The summed E-state index contributed by atoms with van der Waals surface area (Å²) in [6, 6.07) is 7.01. The van der Waals surface area contributed by atoms with Gasteiger partial charge in [0.1, 0.15) is 17.4 Å². The summed E-state index contributed by atoms with van der Waals surface area (Å²) in [6.45, 7) is 2.09. The van der Waals surface area contributed by atoms with Gasteiger partial charge < -0.3 is 15.4 Å². The highest BCUT2D eigenvalue weighted by atomic mass is 32.1. The third kappa shape index (κ3) is 4.54. The number of hydrogen-bond acceptors (Lipinski definition) is 8. The van der Waals surface area contributed by atoms with Gasteiger partial charge in [-0.15, -0.1) is 11.3 Å². The van der Waals surface area contributed by atoms with Gasteiger partial charge in [-0.05, 0) is 37.1 Å². The van der Waals surface area contributed by atoms with Crippen molar-refractivity contribution >= 4 is 39.0 Å². The van der Waals surface area contributed by atoms with Crippen molar-refractivity contribution in [1.82, 2.24) is 35.1 Å². The maximum absolute atomic E-state index is 13.7. The number of nitrogens with one attached hydrogen (secondary N) is 3. The average Bonchev–Trinajstić information content (AvgIpc) is 3.64. The first kappa shape index (κ1) is 23.2. The molecule has 11 heteroatoms. The number of aliphatic hydroxyl groups is 1. The van der Waals surface area contributed by atoms with Crippen molar-refractivity contribution in [3.63, 3.8) is 0 Å². The smallest absolute Gasteiger partial charge is 0.176 e. The highest BCUT2D eigenvalue weighted by molar-refractivity contribution is 7.14. The van der Waals surface area contributed by atoms with Crippen LogP contribution >= 0.6 is 11.3 Å². The molecule has 186 valence electrons. The summed E-state index contributed by atoms with van der Waals surface area (Å²) < 4.78 is 13.7. The molecule has 0 saturated carbocycles. The molecule has 0 fully saturated rings. The van der Waals surface area contributed by atoms with Crippen molar-refractivity contribution in [2.24, 2.45) is 0 Å². The van der Waals surface area contributed by atoms with Gasteiger partial charge in [0.2, 0.25) is 0 Å². The molecule has 37 heavy (non-hydrogen) atoms. The normalized spacial score (nSPS) is 12.4. The molecule has 0 amide bonds. The largest absolute Gasteiger partial charge is 0.374 e. The van der Waals surface area contributed by atoms with Crippen LogP contribution in [0.25, 0.3) is 55.2 Å². The third-order valence-corrected chi connectivity index (χ3v) is 7.01. The predicted molar refractivity (Wildman–Crippen MR) is 142 cm³/mol. The fraction of sp³-hybridized carbons (Fsp3) is 0.192. The summed E-state index contributed by atoms with van der Waals surface area (Å²) in [5.74, 6) is 0.567. The summed E-state index contributed by atoms with van der Waals surface area (Å²) >= 11 is 1.06. The Morgan fingerprint density at radius 2 is 1.97 bits per heavy atom. The molecule has 6 rings (SSSR count). The van der Waals surface area contributed by atoms with Crippen LogP contribution < -0.4 is 5.32 Å². The maximum Gasteiger partial charge on any atom is 0.176 e. The van der Waals surface area contributed by atoms with E-state index in [1.54, 1.807) is 37.1 Å². The number of nitrogens with zero attached hydrogens (tertiary/aromatic N) is 5. The molecule has 4 N–H and O–H groups in total. The van der Waals surface area contributed by atoms with Crippen LogP contribution in [0.4, 0.5) is 10.1 Å². The van der Waals surface area contributed by atoms with Crippen molar-refractivity contribution in [3.05, 3.63) is 60.4 Å². The highest BCUT2D eigenvalue weighted by Crippen LogP contribution is 2.34. The first-order valence-corrected chi connectivity index (χ1v) is 12.7. The zero-order valence-corrected chi connectivity index (χ0v) is 20.7. The van der Waals surface area contributed by atoms with Crippen LogP contribution in [0.15, 0.2) is 55.2 Å². The van der Waals surface area contributed by atoms with Crippen LogP contribution in [0.1, 0.15) is 26.2 Å². The second-order valence-corrected chi connectivity index (χ2v) is 9.76. The van der Waals surface area contributed by atoms with Gasteiger partial charge >= 0.3 is 0 Å². The van der Waals surface area contributed by atoms with E-state index in [9.17, 15) is 9.50 Å². The summed E-state index contributed by atoms with van der Waals surface area (Å²) in [4.78, 5) is 22.1. The van der Waals surface area contributed by atoms with Gasteiger partial charge in [0.25, 0.3) is 0 Å². The predicted octanol–water partition coefficient (Wildman–Crippen LogP) is 5.75. The minimum atomic E-state index is -0.633. The number of halogens is 1. The number of thiophene rings is 1. The molecule has 0 aliphatic rings. The number of fused-ring (bicyclic) bond motifs is 2. The Kier molecular flexibility index (Phi) is 6.07. The van der Waals surface area contributed by atoms with Crippen molar-refractivity contribution in [3.8, 4) is 33.2 Å². The summed E-state index contributed by atoms with van der Waals surface area (Å²) in [7, 11) is 0. The molecular formula is C26H23FN8OS. The number of aromatic amines is 2. The minimum Gasteiger partial charge on any atom is -0.374 e. The molecule has 0 aromatic carbocycles. The van der Waals surface area contributed by atoms with Crippen molar-refractivity contribution in [1.29, 1.82) is 0 Å². The zero-order chi connectivity index (χ0) is 25.4. The Labute approximate surface area is 214 Å². The topological polar surface area (TPSA) is 128 Å². The second-order valence-electron chi connectivity index (χ2n) is 8.72. The molecule has 0 spiro atoms. The number of rotatable bonds is 8. The summed E-state index contributed by atoms with van der Waals surface area (Å²) in [6.07, 6.45) is 10.5. The number of unbranched alkanes of at least 4 members (excludes halogenated alkanes) is 1. The summed E-state index contributed by atoms with van der Waals surface area (Å²) in [5, 5.41) is 21.4. The Balaban J connectivity index is 1.36. The van der Waals surface area contributed by atoms with Crippen LogP contribution in [-0.4, -0.2) is 46.5 Å². The molecule has 6 heterocycles. The Morgan fingerprint density at radius 1 is 1.08 bits per heavy atom. The van der Waals surface area contributed by atoms with Crippen LogP contribution in [-0.2, 0) is 0 Å². The van der Waals surface area contributed by atoms with E-state index >= 15 is 0 Å². The summed E-state index contributed by atoms with van der Waals surface area (Å²) in [5.41, 5.74) is 5.81. The van der Waals surface area contributed by atoms with Gasteiger partial charge in [0.05, 0.1) is 41.0 Å². The first-order chi connectivity index (χ1) is 18.1. The molecule has 1 unspecified atom stereocenters. The molecule has 0 bridgehead atoms. The van der Waals surface area contributed by atoms with Gasteiger partial charge in [-0.25, -0.2) is 4.98 Å². The molecule has 6 aromatic heterocycles. The fourth-order valence-electron chi connectivity index (χ4n) is 4.26. The monoisotopic (exact) mass is 514 g/mol. The van der Waals surface area contributed by atoms with Gasteiger partial charge in [-0.3, -0.25) is 20.1 Å². The Morgan fingerprint density at radius 3 is 2.81 bits per heavy atom. The molecular weight excluding hydrogens is 491 g/mol. The van der Waals surface area contributed by atoms with E-state index in [-0.39, 0.29) is 5.13 Å². The molecule has 1 atom stereocenters. The molecule has 0 aliphatic heterocycles. The van der Waals surface area contributed by atoms with Crippen LogP contribution in [0, 0.1) is 5.13 Å². The zero-order valence-electron chi connectivity index (χ0n) is 19.9. The van der Waals surface area contributed by atoms with E-state index in [4.69, 9.17) is 4.98 Å². The molecule has 0 aliphatic carbocycles. The van der Waals surface area contributed by atoms with Crippen molar-refractivity contribution in [2.45, 2.75) is 32.4 Å². The first-order valence-electron chi connectivity index (χ1n) is 11.9. The minimum absolute atomic E-state index is 0.259. The molecule has 6 aromatic rings. The fourth-order valence-corrected chi connectivity index (χ4v) is 5.00. The van der Waals surface area contributed by atoms with E-state index < -0.39 is 6.23 Å². The van der Waals surface area contributed by atoms with Crippen LogP contribution in [0.5, 0.6) is 0 Å². The Bertz CT molecular complexity index is 1710. The van der Waals surface area contributed by atoms with Crippen LogP contribution in [0.2, 0.25) is 0 Å². The quantitative estimate of drug-likeness (QED) is 0.191. The molecule has 0 radical (unpaired) electrons. The van der Waals surface area contributed by atoms with Gasteiger partial charge in [0, 0.05) is 33.8 Å². The van der Waals surface area contributed by atoms with Gasteiger partial charge in [0.15, 0.2) is 11.0 Å².